The summed E-state index contributed by atoms with van der Waals surface area (Å²) >= 11 is 0. The first-order chi connectivity index (χ1) is 12.6. The Kier molecular flexibility index (Phi) is 5.79. The van der Waals surface area contributed by atoms with E-state index in [0.717, 1.165) is 12.8 Å². The van der Waals surface area contributed by atoms with Crippen molar-refractivity contribution in [3.63, 3.8) is 0 Å². The molecule has 0 bridgehead atoms. The van der Waals surface area contributed by atoms with E-state index in [0.29, 0.717) is 11.3 Å². The van der Waals surface area contributed by atoms with E-state index in [9.17, 15) is 14.0 Å². The molecule has 1 amide bonds. The molecule has 0 heterocycles. The molecule has 0 aliphatic heterocycles. The first kappa shape index (κ1) is 17.9. The van der Waals surface area contributed by atoms with E-state index in [1.165, 1.54) is 24.3 Å². The number of rotatable bonds is 6. The van der Waals surface area contributed by atoms with Crippen molar-refractivity contribution in [1.82, 2.24) is 0 Å². The summed E-state index contributed by atoms with van der Waals surface area (Å²) in [5.74, 6) is -1.11. The molecule has 1 aliphatic carbocycles. The Morgan fingerprint density at radius 3 is 2.50 bits per heavy atom. The van der Waals surface area contributed by atoms with Crippen molar-refractivity contribution in [2.45, 2.75) is 25.4 Å². The maximum absolute atomic E-state index is 13.0. The van der Waals surface area contributed by atoms with Gasteiger partial charge in [-0.05, 0) is 43.0 Å². The molecule has 0 spiro atoms. The van der Waals surface area contributed by atoms with Gasteiger partial charge in [-0.1, -0.05) is 42.5 Å². The number of amides is 1. The first-order valence-electron chi connectivity index (χ1n) is 8.59. The number of anilines is 1. The molecule has 26 heavy (non-hydrogen) atoms. The Hall–Kier alpha value is -2.95. The molecular formula is C21H20FNO3. The van der Waals surface area contributed by atoms with Crippen molar-refractivity contribution in [3.8, 4) is 0 Å². The topological polar surface area (TPSA) is 55.4 Å². The molecule has 4 nitrogen and oxygen atoms in total. The van der Waals surface area contributed by atoms with Gasteiger partial charge in [-0.15, -0.1) is 0 Å². The number of carbonyl (C=O) groups is 2. The summed E-state index contributed by atoms with van der Waals surface area (Å²) in [6.45, 7) is 0. The average Bonchev–Trinajstić information content (AvgIpc) is 3.15. The van der Waals surface area contributed by atoms with Gasteiger partial charge < -0.3 is 10.1 Å². The Bertz CT molecular complexity index is 787. The molecule has 0 fully saturated rings. The van der Waals surface area contributed by atoms with Crippen molar-refractivity contribution in [3.05, 3.63) is 78.1 Å². The number of nitrogens with one attached hydrogen (secondary N) is 1. The van der Waals surface area contributed by atoms with Crippen molar-refractivity contribution in [1.29, 1.82) is 0 Å². The molecule has 0 saturated heterocycles. The van der Waals surface area contributed by atoms with Crippen LogP contribution >= 0.6 is 0 Å². The normalized spacial score (nSPS) is 16.9. The van der Waals surface area contributed by atoms with Gasteiger partial charge in [0, 0.05) is 11.3 Å². The predicted octanol–water partition coefficient (Wildman–Crippen LogP) is 4.41. The number of ether oxygens (including phenoxy) is 1. The molecule has 2 aromatic rings. The Balaban J connectivity index is 1.72. The highest BCUT2D eigenvalue weighted by atomic mass is 19.1. The zero-order valence-corrected chi connectivity index (χ0v) is 14.2. The molecule has 5 heteroatoms. The van der Waals surface area contributed by atoms with Gasteiger partial charge in [0.05, 0.1) is 6.42 Å². The van der Waals surface area contributed by atoms with Crippen molar-refractivity contribution >= 4 is 17.6 Å². The average molecular weight is 353 g/mol. The number of halogens is 1. The van der Waals surface area contributed by atoms with Crippen molar-refractivity contribution in [2.24, 2.45) is 5.92 Å². The molecule has 1 N–H and O–H groups in total. The standard InChI is InChI=1S/C21H20FNO3/c22-17-10-12-18(13-11-17)23-21(25)20(16-8-2-1-3-9-16)26-19(24)14-15-6-4-5-7-15/h1-4,6,8-13,15,20H,5,7,14H2,(H,23,25)/t15-,20+/m0/s1. The van der Waals surface area contributed by atoms with E-state index >= 15 is 0 Å². The third-order valence-corrected chi connectivity index (χ3v) is 4.24. The van der Waals surface area contributed by atoms with Gasteiger partial charge in [-0.2, -0.15) is 0 Å². The molecular weight excluding hydrogens is 333 g/mol. The second-order valence-electron chi connectivity index (χ2n) is 6.25. The first-order valence-corrected chi connectivity index (χ1v) is 8.59. The van der Waals surface area contributed by atoms with Crippen molar-refractivity contribution in [2.75, 3.05) is 5.32 Å². The predicted molar refractivity (Wildman–Crippen MR) is 96.8 cm³/mol. The largest absolute Gasteiger partial charge is 0.447 e. The second-order valence-corrected chi connectivity index (χ2v) is 6.25. The maximum atomic E-state index is 13.0. The lowest BCUT2D eigenvalue weighted by molar-refractivity contribution is -0.155. The highest BCUT2D eigenvalue weighted by Crippen LogP contribution is 2.25. The van der Waals surface area contributed by atoms with Crippen LogP contribution in [0.3, 0.4) is 0 Å². The van der Waals surface area contributed by atoms with Crippen LogP contribution in [-0.4, -0.2) is 11.9 Å². The monoisotopic (exact) mass is 353 g/mol. The summed E-state index contributed by atoms with van der Waals surface area (Å²) in [6.07, 6.45) is 5.14. The van der Waals surface area contributed by atoms with Gasteiger partial charge in [-0.3, -0.25) is 9.59 Å². The van der Waals surface area contributed by atoms with Crippen LogP contribution in [0.15, 0.2) is 66.7 Å². The fourth-order valence-corrected chi connectivity index (χ4v) is 2.90. The number of allylic oxidation sites excluding steroid dienone is 2. The Morgan fingerprint density at radius 2 is 1.85 bits per heavy atom. The van der Waals surface area contributed by atoms with Gasteiger partial charge in [0.2, 0.25) is 6.10 Å². The lowest BCUT2D eigenvalue weighted by Crippen LogP contribution is -2.26. The molecule has 2 atom stereocenters. The fourth-order valence-electron chi connectivity index (χ4n) is 2.90. The van der Waals surface area contributed by atoms with Crippen molar-refractivity contribution < 1.29 is 18.7 Å². The van der Waals surface area contributed by atoms with E-state index < -0.39 is 23.8 Å². The van der Waals surface area contributed by atoms with Crippen LogP contribution in [0, 0.1) is 11.7 Å². The summed E-state index contributed by atoms with van der Waals surface area (Å²) < 4.78 is 18.5. The van der Waals surface area contributed by atoms with Crippen LogP contribution in [0.4, 0.5) is 10.1 Å². The van der Waals surface area contributed by atoms with E-state index in [-0.39, 0.29) is 12.3 Å². The fraction of sp³-hybridized carbons (Fsp3) is 0.238. The third-order valence-electron chi connectivity index (χ3n) is 4.24. The molecule has 134 valence electrons. The molecule has 2 aromatic carbocycles. The number of carbonyl (C=O) groups excluding carboxylic acids is 2. The molecule has 0 unspecified atom stereocenters. The summed E-state index contributed by atoms with van der Waals surface area (Å²) in [5.41, 5.74) is 1.02. The van der Waals surface area contributed by atoms with Crippen LogP contribution in [0.2, 0.25) is 0 Å². The number of benzene rings is 2. The molecule has 3 rings (SSSR count). The van der Waals surface area contributed by atoms with Crippen LogP contribution in [0.1, 0.15) is 30.9 Å². The van der Waals surface area contributed by atoms with Crippen LogP contribution < -0.4 is 5.32 Å². The Labute approximate surface area is 151 Å². The van der Waals surface area contributed by atoms with Gasteiger partial charge in [0.25, 0.3) is 5.91 Å². The van der Waals surface area contributed by atoms with E-state index in [2.05, 4.69) is 5.32 Å². The highest BCUT2D eigenvalue weighted by molar-refractivity contribution is 5.96. The van der Waals surface area contributed by atoms with Crippen LogP contribution in [0.25, 0.3) is 0 Å². The summed E-state index contributed by atoms with van der Waals surface area (Å²) in [4.78, 5) is 25.0. The molecule has 1 aliphatic rings. The van der Waals surface area contributed by atoms with E-state index in [1.54, 1.807) is 24.3 Å². The minimum atomic E-state index is -1.06. The zero-order valence-electron chi connectivity index (χ0n) is 14.2. The third kappa shape index (κ3) is 4.79. The van der Waals surface area contributed by atoms with Crippen LogP contribution in [-0.2, 0) is 14.3 Å². The van der Waals surface area contributed by atoms with E-state index in [1.807, 2.05) is 18.2 Å². The highest BCUT2D eigenvalue weighted by Gasteiger charge is 2.26. The lowest BCUT2D eigenvalue weighted by Gasteiger charge is -2.19. The van der Waals surface area contributed by atoms with E-state index in [4.69, 9.17) is 4.74 Å². The lowest BCUT2D eigenvalue weighted by atomic mass is 10.1. The number of esters is 1. The zero-order chi connectivity index (χ0) is 18.4. The molecule has 0 aromatic heterocycles. The van der Waals surface area contributed by atoms with Gasteiger partial charge >= 0.3 is 5.97 Å². The molecule has 0 radical (unpaired) electrons. The minimum Gasteiger partial charge on any atom is -0.447 e. The maximum Gasteiger partial charge on any atom is 0.307 e. The number of hydrogen-bond acceptors (Lipinski definition) is 3. The van der Waals surface area contributed by atoms with Crippen LogP contribution in [0.5, 0.6) is 0 Å². The second kappa shape index (κ2) is 8.43. The molecule has 0 saturated carbocycles. The van der Waals surface area contributed by atoms with Gasteiger partial charge in [-0.25, -0.2) is 4.39 Å². The minimum absolute atomic E-state index is 0.166. The SMILES string of the molecule is O=C(C[C@H]1C=CCC1)O[C@@H](C(=O)Nc1ccc(F)cc1)c1ccccc1. The summed E-state index contributed by atoms with van der Waals surface area (Å²) in [6, 6.07) is 14.3. The summed E-state index contributed by atoms with van der Waals surface area (Å²) in [5, 5.41) is 2.67. The smallest absolute Gasteiger partial charge is 0.307 e. The van der Waals surface area contributed by atoms with Gasteiger partial charge in [0.1, 0.15) is 5.82 Å². The van der Waals surface area contributed by atoms with Gasteiger partial charge in [0.15, 0.2) is 0 Å². The number of hydrogen-bond donors (Lipinski definition) is 1. The summed E-state index contributed by atoms with van der Waals surface area (Å²) in [7, 11) is 0. The Morgan fingerprint density at radius 1 is 1.12 bits per heavy atom. The quantitative estimate of drug-likeness (QED) is 0.618.